The molecule has 0 aliphatic heterocycles. The summed E-state index contributed by atoms with van der Waals surface area (Å²) in [4.78, 5) is 10.1. The highest BCUT2D eigenvalue weighted by Gasteiger charge is 2.08. The third kappa shape index (κ3) is 3.05. The van der Waals surface area contributed by atoms with E-state index in [1.54, 1.807) is 6.20 Å². The molecular weight excluding hydrogens is 294 g/mol. The van der Waals surface area contributed by atoms with Gasteiger partial charge in [0.25, 0.3) is 0 Å². The average molecular weight is 308 g/mol. The number of anilines is 1. The number of rotatable bonds is 4. The maximum absolute atomic E-state index is 9.26. The topological polar surface area (TPSA) is 49.2 Å². The first-order chi connectivity index (χ1) is 8.70. The molecule has 0 fully saturated rings. The van der Waals surface area contributed by atoms with Gasteiger partial charge < -0.3 is 10.0 Å². The lowest BCUT2D eigenvalue weighted by Crippen LogP contribution is -2.19. The van der Waals surface area contributed by atoms with E-state index >= 15 is 0 Å². The molecule has 0 saturated heterocycles. The lowest BCUT2D eigenvalue weighted by Gasteiger charge is -2.20. The highest BCUT2D eigenvalue weighted by Crippen LogP contribution is 2.18. The number of nitrogens with zero attached hydrogens (tertiary/aromatic N) is 3. The van der Waals surface area contributed by atoms with E-state index in [1.807, 2.05) is 24.1 Å². The SMILES string of the molecule is CN(Cc1ccc(Br)cc1)c1ncncc1CO. The molecule has 0 unspecified atom stereocenters. The third-order valence-corrected chi connectivity index (χ3v) is 3.16. The molecule has 0 radical (unpaired) electrons. The zero-order valence-corrected chi connectivity index (χ0v) is 11.6. The molecule has 18 heavy (non-hydrogen) atoms. The van der Waals surface area contributed by atoms with E-state index in [1.165, 1.54) is 11.9 Å². The predicted molar refractivity (Wildman–Crippen MR) is 74.2 cm³/mol. The summed E-state index contributed by atoms with van der Waals surface area (Å²) in [5.41, 5.74) is 1.92. The fraction of sp³-hybridized carbons (Fsp3) is 0.231. The molecule has 0 aliphatic rings. The summed E-state index contributed by atoms with van der Waals surface area (Å²) in [6.45, 7) is 0.679. The van der Waals surface area contributed by atoms with Gasteiger partial charge >= 0.3 is 0 Å². The Hall–Kier alpha value is -1.46. The normalized spacial score (nSPS) is 10.4. The van der Waals surface area contributed by atoms with Crippen molar-refractivity contribution in [1.82, 2.24) is 9.97 Å². The van der Waals surface area contributed by atoms with Crippen LogP contribution in [0.15, 0.2) is 41.3 Å². The number of aliphatic hydroxyl groups is 1. The summed E-state index contributed by atoms with van der Waals surface area (Å²) in [6.07, 6.45) is 3.13. The van der Waals surface area contributed by atoms with Crippen LogP contribution < -0.4 is 4.90 Å². The molecule has 0 amide bonds. The first-order valence-electron chi connectivity index (χ1n) is 5.56. The predicted octanol–water partition coefficient (Wildman–Crippen LogP) is 2.37. The Balaban J connectivity index is 2.16. The number of halogens is 1. The molecule has 5 heteroatoms. The van der Waals surface area contributed by atoms with Crippen LogP contribution in [0, 0.1) is 0 Å². The van der Waals surface area contributed by atoms with Gasteiger partial charge in [-0.2, -0.15) is 0 Å². The molecule has 0 aliphatic carbocycles. The molecule has 1 aromatic carbocycles. The van der Waals surface area contributed by atoms with Gasteiger partial charge in [0.2, 0.25) is 0 Å². The summed E-state index contributed by atoms with van der Waals surface area (Å²) in [5.74, 6) is 0.760. The van der Waals surface area contributed by atoms with E-state index < -0.39 is 0 Å². The molecule has 4 nitrogen and oxygen atoms in total. The first-order valence-corrected chi connectivity index (χ1v) is 6.35. The van der Waals surface area contributed by atoms with Crippen LogP contribution in [0.1, 0.15) is 11.1 Å². The lowest BCUT2D eigenvalue weighted by atomic mass is 10.2. The molecule has 2 aromatic rings. The van der Waals surface area contributed by atoms with Crippen LogP contribution in [0.2, 0.25) is 0 Å². The molecule has 2 rings (SSSR count). The Morgan fingerprint density at radius 2 is 2.00 bits per heavy atom. The third-order valence-electron chi connectivity index (χ3n) is 2.63. The highest BCUT2D eigenvalue weighted by atomic mass is 79.9. The van der Waals surface area contributed by atoms with Crippen molar-refractivity contribution in [3.05, 3.63) is 52.4 Å². The smallest absolute Gasteiger partial charge is 0.137 e. The second kappa shape index (κ2) is 5.93. The van der Waals surface area contributed by atoms with E-state index in [4.69, 9.17) is 0 Å². The number of hydrogen-bond donors (Lipinski definition) is 1. The van der Waals surface area contributed by atoms with Gasteiger partial charge in [-0.15, -0.1) is 0 Å². The summed E-state index contributed by atoms with van der Waals surface area (Å²) >= 11 is 3.41. The van der Waals surface area contributed by atoms with Crippen molar-refractivity contribution in [2.45, 2.75) is 13.2 Å². The maximum Gasteiger partial charge on any atom is 0.137 e. The molecule has 0 atom stereocenters. The van der Waals surface area contributed by atoms with Crippen LogP contribution in [-0.4, -0.2) is 22.1 Å². The van der Waals surface area contributed by atoms with Gasteiger partial charge in [-0.3, -0.25) is 0 Å². The maximum atomic E-state index is 9.26. The van der Waals surface area contributed by atoms with Gasteiger partial charge in [0.1, 0.15) is 12.1 Å². The molecule has 1 aromatic heterocycles. The number of hydrogen-bond acceptors (Lipinski definition) is 4. The number of benzene rings is 1. The van der Waals surface area contributed by atoms with Crippen LogP contribution in [0.3, 0.4) is 0 Å². The Morgan fingerprint density at radius 3 is 2.67 bits per heavy atom. The second-order valence-electron chi connectivity index (χ2n) is 4.01. The van der Waals surface area contributed by atoms with Gasteiger partial charge in [0.15, 0.2) is 0 Å². The fourth-order valence-electron chi connectivity index (χ4n) is 1.75. The van der Waals surface area contributed by atoms with E-state index in [2.05, 4.69) is 38.0 Å². The van der Waals surface area contributed by atoms with Crippen molar-refractivity contribution >= 4 is 21.7 Å². The minimum absolute atomic E-state index is 0.0547. The van der Waals surface area contributed by atoms with Crippen molar-refractivity contribution in [1.29, 1.82) is 0 Å². The first kappa shape index (κ1) is 13.0. The summed E-state index contributed by atoms with van der Waals surface area (Å²) in [5, 5.41) is 9.26. The quantitative estimate of drug-likeness (QED) is 0.942. The van der Waals surface area contributed by atoms with Crippen molar-refractivity contribution in [3.63, 3.8) is 0 Å². The minimum Gasteiger partial charge on any atom is -0.391 e. The molecule has 0 spiro atoms. The summed E-state index contributed by atoms with van der Waals surface area (Å²) < 4.78 is 1.06. The van der Waals surface area contributed by atoms with Crippen LogP contribution >= 0.6 is 15.9 Å². The van der Waals surface area contributed by atoms with Gasteiger partial charge in [0, 0.05) is 29.8 Å². The molecule has 94 valence electrons. The summed E-state index contributed by atoms with van der Waals surface area (Å²) in [6, 6.07) is 8.13. The molecule has 1 heterocycles. The van der Waals surface area contributed by atoms with Crippen LogP contribution in [0.5, 0.6) is 0 Å². The molecule has 0 saturated carbocycles. The van der Waals surface area contributed by atoms with Gasteiger partial charge in [0.05, 0.1) is 6.61 Å². The van der Waals surface area contributed by atoms with E-state index in [0.29, 0.717) is 0 Å². The van der Waals surface area contributed by atoms with Crippen LogP contribution in [0.25, 0.3) is 0 Å². The van der Waals surface area contributed by atoms with Gasteiger partial charge in [-0.05, 0) is 17.7 Å². The van der Waals surface area contributed by atoms with Crippen molar-refractivity contribution in [3.8, 4) is 0 Å². The summed E-state index contributed by atoms with van der Waals surface area (Å²) in [7, 11) is 1.95. The highest BCUT2D eigenvalue weighted by molar-refractivity contribution is 9.10. The Morgan fingerprint density at radius 1 is 1.28 bits per heavy atom. The van der Waals surface area contributed by atoms with E-state index in [0.717, 1.165) is 22.4 Å². The lowest BCUT2D eigenvalue weighted by molar-refractivity contribution is 0.281. The zero-order valence-electron chi connectivity index (χ0n) is 10.0. The number of aromatic nitrogens is 2. The molecule has 1 N–H and O–H groups in total. The van der Waals surface area contributed by atoms with Crippen molar-refractivity contribution < 1.29 is 5.11 Å². The largest absolute Gasteiger partial charge is 0.391 e. The van der Waals surface area contributed by atoms with Crippen LogP contribution in [0.4, 0.5) is 5.82 Å². The van der Waals surface area contributed by atoms with Crippen LogP contribution in [-0.2, 0) is 13.2 Å². The van der Waals surface area contributed by atoms with E-state index in [-0.39, 0.29) is 6.61 Å². The van der Waals surface area contributed by atoms with Crippen molar-refractivity contribution in [2.75, 3.05) is 11.9 Å². The zero-order chi connectivity index (χ0) is 13.0. The average Bonchev–Trinajstić information content (AvgIpc) is 2.41. The Labute approximate surface area is 114 Å². The number of aliphatic hydroxyl groups excluding tert-OH is 1. The van der Waals surface area contributed by atoms with Gasteiger partial charge in [-0.25, -0.2) is 9.97 Å². The van der Waals surface area contributed by atoms with Gasteiger partial charge in [-0.1, -0.05) is 28.1 Å². The standard InChI is InChI=1S/C13H14BrN3O/c1-17(7-10-2-4-12(14)5-3-10)13-11(8-18)6-15-9-16-13/h2-6,9,18H,7-8H2,1H3. The second-order valence-corrected chi connectivity index (χ2v) is 4.93. The monoisotopic (exact) mass is 307 g/mol. The Bertz CT molecular complexity index is 516. The Kier molecular flexibility index (Phi) is 4.28. The minimum atomic E-state index is -0.0547. The fourth-order valence-corrected chi connectivity index (χ4v) is 2.01. The van der Waals surface area contributed by atoms with Crippen molar-refractivity contribution in [2.24, 2.45) is 0 Å². The molecular formula is C13H14BrN3O. The van der Waals surface area contributed by atoms with E-state index in [9.17, 15) is 5.11 Å². The molecule has 0 bridgehead atoms.